The van der Waals surface area contributed by atoms with Crippen LogP contribution in [0.15, 0.2) is 0 Å². The van der Waals surface area contributed by atoms with Crippen molar-refractivity contribution in [2.24, 2.45) is 0 Å². The number of nitrogens with one attached hydrogen (secondary N) is 2. The Morgan fingerprint density at radius 3 is 2.27 bits per heavy atom. The molecule has 4 nitrogen and oxygen atoms in total. The molecule has 11 heavy (non-hydrogen) atoms. The Balaban J connectivity index is -0.000000320. The number of rotatable bonds is 5. The maximum absolute atomic E-state index is 9.88. The number of hydrogen-bond acceptors (Lipinski definition) is 3. The lowest BCUT2D eigenvalue weighted by Gasteiger charge is -1.98. The van der Waals surface area contributed by atoms with E-state index in [4.69, 9.17) is 5.11 Å². The molecule has 0 fully saturated rings. The van der Waals surface area contributed by atoms with E-state index in [1.54, 1.807) is 0 Å². The Morgan fingerprint density at radius 2 is 1.91 bits per heavy atom. The van der Waals surface area contributed by atoms with Crippen LogP contribution in [0.25, 0.3) is 0 Å². The van der Waals surface area contributed by atoms with E-state index in [1.807, 2.05) is 7.05 Å². The van der Waals surface area contributed by atoms with Crippen LogP contribution >= 0.6 is 24.8 Å². The molecule has 0 spiro atoms. The second-order valence-corrected chi connectivity index (χ2v) is 1.67. The van der Waals surface area contributed by atoms with Crippen molar-refractivity contribution < 1.29 is 9.90 Å². The Labute approximate surface area is 78.6 Å². The number of hydrogen-bond donors (Lipinski definition) is 3. The van der Waals surface area contributed by atoms with Crippen LogP contribution in [0.1, 0.15) is 0 Å². The van der Waals surface area contributed by atoms with E-state index in [9.17, 15) is 4.79 Å². The van der Waals surface area contributed by atoms with E-state index in [2.05, 4.69) is 10.6 Å². The fraction of sp³-hybridized carbons (Fsp3) is 0.800. The van der Waals surface area contributed by atoms with Crippen LogP contribution in [0.5, 0.6) is 0 Å². The molecule has 0 aliphatic heterocycles. The zero-order chi connectivity index (χ0) is 7.11. The Hall–Kier alpha value is -0.0300. The molecule has 0 aromatic rings. The van der Waals surface area contributed by atoms with Gasteiger partial charge in [0.1, 0.15) is 0 Å². The van der Waals surface area contributed by atoms with E-state index in [0.29, 0.717) is 6.54 Å². The zero-order valence-electron chi connectivity index (χ0n) is 6.29. The fourth-order valence-corrected chi connectivity index (χ4v) is 0.409. The van der Waals surface area contributed by atoms with Crippen molar-refractivity contribution in [1.82, 2.24) is 10.6 Å². The summed E-state index contributed by atoms with van der Waals surface area (Å²) < 4.78 is 0. The van der Waals surface area contributed by atoms with Crippen molar-refractivity contribution in [3.8, 4) is 0 Å². The van der Waals surface area contributed by atoms with Crippen LogP contribution in [0, 0.1) is 0 Å². The molecule has 0 rings (SSSR count). The molecule has 0 saturated carbocycles. The molecule has 0 aromatic carbocycles. The van der Waals surface area contributed by atoms with Crippen LogP contribution < -0.4 is 10.6 Å². The molecule has 0 saturated heterocycles. The smallest absolute Gasteiger partial charge is 0.317 e. The molecular formula is C5H14Cl2N2O2. The van der Waals surface area contributed by atoms with E-state index in [1.165, 1.54) is 0 Å². The van der Waals surface area contributed by atoms with Gasteiger partial charge in [-0.2, -0.15) is 0 Å². The number of carbonyl (C=O) groups is 1. The minimum atomic E-state index is -0.814. The normalized spacial score (nSPS) is 7.73. The van der Waals surface area contributed by atoms with E-state index in [-0.39, 0.29) is 31.4 Å². The van der Waals surface area contributed by atoms with Crippen molar-refractivity contribution in [3.05, 3.63) is 0 Å². The Bertz CT molecular complexity index is 92.6. The van der Waals surface area contributed by atoms with Gasteiger partial charge in [-0.05, 0) is 7.05 Å². The minimum Gasteiger partial charge on any atom is -0.480 e. The minimum absolute atomic E-state index is 0. The van der Waals surface area contributed by atoms with Crippen LogP contribution in [0.2, 0.25) is 0 Å². The topological polar surface area (TPSA) is 61.4 Å². The van der Waals surface area contributed by atoms with E-state index in [0.717, 1.165) is 6.54 Å². The first-order valence-corrected chi connectivity index (χ1v) is 2.84. The van der Waals surface area contributed by atoms with Gasteiger partial charge in [0.25, 0.3) is 0 Å². The van der Waals surface area contributed by atoms with Gasteiger partial charge in [0, 0.05) is 13.1 Å². The molecule has 0 heterocycles. The predicted molar refractivity (Wildman–Crippen MR) is 48.9 cm³/mol. The largest absolute Gasteiger partial charge is 0.480 e. The van der Waals surface area contributed by atoms with Crippen molar-refractivity contribution in [1.29, 1.82) is 0 Å². The lowest BCUT2D eigenvalue weighted by atomic mass is 10.6. The lowest BCUT2D eigenvalue weighted by Crippen LogP contribution is -2.29. The highest BCUT2D eigenvalue weighted by atomic mass is 35.5. The molecule has 3 N–H and O–H groups in total. The lowest BCUT2D eigenvalue weighted by molar-refractivity contribution is -0.135. The molecule has 0 radical (unpaired) electrons. The van der Waals surface area contributed by atoms with Gasteiger partial charge in [-0.15, -0.1) is 24.8 Å². The van der Waals surface area contributed by atoms with Gasteiger partial charge >= 0.3 is 5.97 Å². The molecule has 0 atom stereocenters. The second-order valence-electron chi connectivity index (χ2n) is 1.67. The highest BCUT2D eigenvalue weighted by molar-refractivity contribution is 5.85. The summed E-state index contributed by atoms with van der Waals surface area (Å²) in [6, 6.07) is 0. The van der Waals surface area contributed by atoms with Crippen molar-refractivity contribution in [3.63, 3.8) is 0 Å². The molecule has 0 aliphatic rings. The standard InChI is InChI=1S/C5H12N2O2.2ClH/c1-6-2-3-7-4-5(8)9;;/h6-7H,2-4H2,1H3,(H,8,9);2*1H. The average Bonchev–Trinajstić information content (AvgIpc) is 1.80. The summed E-state index contributed by atoms with van der Waals surface area (Å²) in [5.74, 6) is -0.814. The number of aliphatic carboxylic acids is 1. The second kappa shape index (κ2) is 12.6. The highest BCUT2D eigenvalue weighted by Crippen LogP contribution is 1.58. The summed E-state index contributed by atoms with van der Waals surface area (Å²) in [6.45, 7) is 1.54. The van der Waals surface area contributed by atoms with Gasteiger partial charge in [0.15, 0.2) is 0 Å². The monoisotopic (exact) mass is 204 g/mol. The Kier molecular flexibility index (Phi) is 19.7. The third kappa shape index (κ3) is 17.8. The number of carboxylic acid groups (broad SMARTS) is 1. The summed E-state index contributed by atoms with van der Waals surface area (Å²) in [6.07, 6.45) is 0. The summed E-state index contributed by atoms with van der Waals surface area (Å²) in [4.78, 5) is 9.88. The first-order valence-electron chi connectivity index (χ1n) is 2.84. The highest BCUT2D eigenvalue weighted by Gasteiger charge is 1.91. The summed E-state index contributed by atoms with van der Waals surface area (Å²) in [5.41, 5.74) is 0. The van der Waals surface area contributed by atoms with Crippen molar-refractivity contribution in [2.75, 3.05) is 26.7 Å². The molecule has 0 aromatic heterocycles. The van der Waals surface area contributed by atoms with Gasteiger partial charge in [-0.25, -0.2) is 0 Å². The molecule has 0 amide bonds. The quantitative estimate of drug-likeness (QED) is 0.540. The van der Waals surface area contributed by atoms with E-state index < -0.39 is 5.97 Å². The average molecular weight is 205 g/mol. The number of likely N-dealkylation sites (N-methyl/N-ethyl adjacent to an activating group) is 1. The fourth-order valence-electron chi connectivity index (χ4n) is 0.409. The Morgan fingerprint density at radius 1 is 1.36 bits per heavy atom. The van der Waals surface area contributed by atoms with Gasteiger partial charge in [0.2, 0.25) is 0 Å². The third-order valence-electron chi connectivity index (χ3n) is 0.828. The molecule has 0 unspecified atom stereocenters. The molecule has 0 aliphatic carbocycles. The predicted octanol–water partition coefficient (Wildman–Crippen LogP) is -0.276. The van der Waals surface area contributed by atoms with Crippen LogP contribution in [-0.2, 0) is 4.79 Å². The molecular weight excluding hydrogens is 191 g/mol. The van der Waals surface area contributed by atoms with Gasteiger partial charge < -0.3 is 15.7 Å². The van der Waals surface area contributed by atoms with Crippen LogP contribution in [0.3, 0.4) is 0 Å². The van der Waals surface area contributed by atoms with Gasteiger partial charge in [0.05, 0.1) is 6.54 Å². The maximum atomic E-state index is 9.88. The first-order chi connectivity index (χ1) is 4.27. The number of carboxylic acids is 1. The molecule has 6 heteroatoms. The number of halogens is 2. The zero-order valence-corrected chi connectivity index (χ0v) is 7.93. The van der Waals surface area contributed by atoms with Crippen molar-refractivity contribution in [2.45, 2.75) is 0 Å². The summed E-state index contributed by atoms with van der Waals surface area (Å²) >= 11 is 0. The summed E-state index contributed by atoms with van der Waals surface area (Å²) in [5, 5.41) is 13.7. The van der Waals surface area contributed by atoms with Crippen molar-refractivity contribution >= 4 is 30.8 Å². The van der Waals surface area contributed by atoms with Gasteiger partial charge in [-0.3, -0.25) is 4.79 Å². The SMILES string of the molecule is CNCCNCC(=O)O.Cl.Cl. The molecule has 0 bridgehead atoms. The van der Waals surface area contributed by atoms with Crippen LogP contribution in [0.4, 0.5) is 0 Å². The maximum Gasteiger partial charge on any atom is 0.317 e. The third-order valence-corrected chi connectivity index (χ3v) is 0.828. The van der Waals surface area contributed by atoms with Gasteiger partial charge in [-0.1, -0.05) is 0 Å². The summed E-state index contributed by atoms with van der Waals surface area (Å²) in [7, 11) is 1.82. The molecule has 70 valence electrons. The first kappa shape index (κ1) is 17.2. The van der Waals surface area contributed by atoms with E-state index >= 15 is 0 Å². The van der Waals surface area contributed by atoms with Crippen LogP contribution in [-0.4, -0.2) is 37.8 Å².